The van der Waals surface area contributed by atoms with Crippen molar-refractivity contribution in [3.05, 3.63) is 0 Å². The molecule has 0 aliphatic rings. The Morgan fingerprint density at radius 3 is 2.03 bits per heavy atom. The van der Waals surface area contributed by atoms with E-state index in [4.69, 9.17) is 22.3 Å². The number of carbonyl (C=O) groups is 4. The monoisotopic (exact) mass is 417 g/mol. The van der Waals surface area contributed by atoms with E-state index in [1.165, 1.54) is 0 Å². The van der Waals surface area contributed by atoms with Gasteiger partial charge in [0.15, 0.2) is 5.96 Å². The van der Waals surface area contributed by atoms with Crippen LogP contribution in [0.3, 0.4) is 0 Å². The molecule has 13 heteroatoms. The molecule has 0 saturated heterocycles. The Bertz CT molecular complexity index is 607. The summed E-state index contributed by atoms with van der Waals surface area (Å²) in [5, 5.41) is 25.6. The third-order valence-corrected chi connectivity index (χ3v) is 3.83. The highest BCUT2D eigenvalue weighted by Gasteiger charge is 2.30. The number of hydrogen-bond donors (Lipinski definition) is 8. The molecule has 0 fully saturated rings. The maximum absolute atomic E-state index is 12.5. The zero-order valence-electron chi connectivity index (χ0n) is 16.6. The number of aliphatic imine (C=N–C) groups is 1. The van der Waals surface area contributed by atoms with Gasteiger partial charge in [0.2, 0.25) is 17.7 Å². The van der Waals surface area contributed by atoms with Crippen molar-refractivity contribution in [3.63, 3.8) is 0 Å². The van der Waals surface area contributed by atoms with Crippen molar-refractivity contribution in [3.8, 4) is 0 Å². The Balaban J connectivity index is 5.09. The summed E-state index contributed by atoms with van der Waals surface area (Å²) in [6, 6.07) is -3.65. The Hall–Kier alpha value is -2.93. The minimum atomic E-state index is -1.40. The van der Waals surface area contributed by atoms with Crippen LogP contribution >= 0.6 is 0 Å². The molecular formula is C16H31N7O6. The lowest BCUT2D eigenvalue weighted by Crippen LogP contribution is -2.58. The number of nitrogens with two attached hydrogens (primary N) is 3. The van der Waals surface area contributed by atoms with E-state index in [2.05, 4.69) is 20.9 Å². The van der Waals surface area contributed by atoms with Crippen molar-refractivity contribution in [2.24, 2.45) is 28.1 Å². The smallest absolute Gasteiger partial charge is 0.326 e. The summed E-state index contributed by atoms with van der Waals surface area (Å²) in [7, 11) is 0. The Morgan fingerprint density at radius 1 is 1.00 bits per heavy atom. The number of carboxylic acids is 1. The fourth-order valence-electron chi connectivity index (χ4n) is 2.26. The molecule has 0 bridgehead atoms. The van der Waals surface area contributed by atoms with Crippen LogP contribution in [0, 0.1) is 5.92 Å². The number of carboxylic acid groups (broad SMARTS) is 1. The molecule has 0 radical (unpaired) electrons. The molecule has 3 amide bonds. The number of nitrogens with one attached hydrogen (secondary N) is 3. The molecule has 0 saturated carbocycles. The average molecular weight is 417 g/mol. The van der Waals surface area contributed by atoms with Crippen LogP contribution in [0.5, 0.6) is 0 Å². The molecule has 0 heterocycles. The molecule has 0 aliphatic heterocycles. The standard InChI is InChI=1S/C16H31N7O6/c1-8(2)12(15(28)29)23-14(27)10(7-24)22-13(26)9(21-11(25)6-17)4-3-5-20-16(18)19/h8-10,12,24H,3-7,17H2,1-2H3,(H,21,25)(H,22,26)(H,23,27)(H,28,29)(H4,18,19,20). The van der Waals surface area contributed by atoms with Crippen LogP contribution < -0.4 is 33.2 Å². The number of guanidine groups is 1. The number of amides is 3. The second kappa shape index (κ2) is 13.3. The number of aliphatic hydroxyl groups excluding tert-OH is 1. The van der Waals surface area contributed by atoms with E-state index in [9.17, 15) is 24.3 Å². The van der Waals surface area contributed by atoms with Crippen molar-refractivity contribution in [2.75, 3.05) is 19.7 Å². The fourth-order valence-corrected chi connectivity index (χ4v) is 2.26. The van der Waals surface area contributed by atoms with Crippen molar-refractivity contribution in [1.29, 1.82) is 0 Å². The second-order valence-electron chi connectivity index (χ2n) is 6.59. The average Bonchev–Trinajstić information content (AvgIpc) is 2.64. The van der Waals surface area contributed by atoms with Gasteiger partial charge in [-0.1, -0.05) is 13.8 Å². The van der Waals surface area contributed by atoms with Gasteiger partial charge in [-0.25, -0.2) is 4.79 Å². The quantitative estimate of drug-likeness (QED) is 0.0831. The van der Waals surface area contributed by atoms with Gasteiger partial charge in [0.1, 0.15) is 18.1 Å². The first-order valence-electron chi connectivity index (χ1n) is 9.02. The van der Waals surface area contributed by atoms with Crippen LogP contribution in [0.25, 0.3) is 0 Å². The highest BCUT2D eigenvalue weighted by molar-refractivity contribution is 5.93. The van der Waals surface area contributed by atoms with E-state index in [1.807, 2.05) is 0 Å². The van der Waals surface area contributed by atoms with Crippen LogP contribution in [0.1, 0.15) is 26.7 Å². The first-order chi connectivity index (χ1) is 13.5. The number of carbonyl (C=O) groups excluding carboxylic acids is 3. The van der Waals surface area contributed by atoms with E-state index in [1.54, 1.807) is 13.8 Å². The van der Waals surface area contributed by atoms with Gasteiger partial charge < -0.3 is 43.4 Å². The van der Waals surface area contributed by atoms with E-state index >= 15 is 0 Å². The summed E-state index contributed by atoms with van der Waals surface area (Å²) in [4.78, 5) is 51.3. The van der Waals surface area contributed by atoms with Crippen LogP contribution in [0.15, 0.2) is 4.99 Å². The van der Waals surface area contributed by atoms with E-state index < -0.39 is 54.3 Å². The Labute approximate surface area is 168 Å². The van der Waals surface area contributed by atoms with Crippen LogP contribution in [0.4, 0.5) is 0 Å². The molecule has 29 heavy (non-hydrogen) atoms. The minimum absolute atomic E-state index is 0.118. The van der Waals surface area contributed by atoms with Crippen molar-refractivity contribution < 1.29 is 29.4 Å². The van der Waals surface area contributed by atoms with E-state index in [0.29, 0.717) is 6.42 Å². The molecule has 0 aromatic rings. The number of aliphatic hydroxyl groups is 1. The summed E-state index contributed by atoms with van der Waals surface area (Å²) in [6.07, 6.45) is 0.475. The van der Waals surface area contributed by atoms with Crippen LogP contribution in [-0.2, 0) is 19.2 Å². The van der Waals surface area contributed by atoms with Gasteiger partial charge in [-0.3, -0.25) is 19.4 Å². The van der Waals surface area contributed by atoms with Crippen molar-refractivity contribution in [2.45, 2.75) is 44.8 Å². The highest BCUT2D eigenvalue weighted by atomic mass is 16.4. The zero-order valence-corrected chi connectivity index (χ0v) is 16.6. The molecular weight excluding hydrogens is 386 g/mol. The number of nitrogens with zero attached hydrogens (tertiary/aromatic N) is 1. The summed E-state index contributed by atoms with van der Waals surface area (Å²) < 4.78 is 0. The van der Waals surface area contributed by atoms with Gasteiger partial charge in [-0.05, 0) is 18.8 Å². The molecule has 3 atom stereocenters. The lowest BCUT2D eigenvalue weighted by atomic mass is 10.0. The van der Waals surface area contributed by atoms with Crippen LogP contribution in [0.2, 0.25) is 0 Å². The predicted molar refractivity (Wildman–Crippen MR) is 104 cm³/mol. The molecule has 0 spiro atoms. The topological polar surface area (TPSA) is 235 Å². The molecule has 3 unspecified atom stereocenters. The molecule has 0 aliphatic carbocycles. The maximum atomic E-state index is 12.5. The summed E-state index contributed by atoms with van der Waals surface area (Å²) in [5.41, 5.74) is 15.7. The molecule has 11 N–H and O–H groups in total. The van der Waals surface area contributed by atoms with Gasteiger partial charge in [0.25, 0.3) is 0 Å². The van der Waals surface area contributed by atoms with Gasteiger partial charge >= 0.3 is 5.97 Å². The molecule has 166 valence electrons. The van der Waals surface area contributed by atoms with Crippen LogP contribution in [-0.4, -0.2) is 77.7 Å². The maximum Gasteiger partial charge on any atom is 0.326 e. The largest absolute Gasteiger partial charge is 0.480 e. The summed E-state index contributed by atoms with van der Waals surface area (Å²) in [5.74, 6) is -3.99. The highest BCUT2D eigenvalue weighted by Crippen LogP contribution is 2.03. The second-order valence-corrected chi connectivity index (χ2v) is 6.59. The van der Waals surface area contributed by atoms with E-state index in [-0.39, 0.29) is 25.5 Å². The predicted octanol–water partition coefficient (Wildman–Crippen LogP) is -3.81. The molecule has 0 rings (SSSR count). The first kappa shape index (κ1) is 26.1. The number of aliphatic carboxylic acids is 1. The lowest BCUT2D eigenvalue weighted by molar-refractivity contribution is -0.143. The SMILES string of the molecule is CC(C)C(NC(=O)C(CO)NC(=O)C(CCCN=C(N)N)NC(=O)CN)C(=O)O. The third-order valence-electron chi connectivity index (χ3n) is 3.83. The Kier molecular flexibility index (Phi) is 11.9. The van der Waals surface area contributed by atoms with Gasteiger partial charge in [0, 0.05) is 6.54 Å². The normalized spacial score (nSPS) is 13.7. The zero-order chi connectivity index (χ0) is 22.6. The first-order valence-corrected chi connectivity index (χ1v) is 9.02. The summed E-state index contributed by atoms with van der Waals surface area (Å²) in [6.45, 7) is 2.29. The minimum Gasteiger partial charge on any atom is -0.480 e. The van der Waals surface area contributed by atoms with Gasteiger partial charge in [-0.15, -0.1) is 0 Å². The van der Waals surface area contributed by atoms with Gasteiger partial charge in [-0.2, -0.15) is 0 Å². The molecule has 0 aromatic heterocycles. The fraction of sp³-hybridized carbons (Fsp3) is 0.688. The summed E-state index contributed by atoms with van der Waals surface area (Å²) >= 11 is 0. The Morgan fingerprint density at radius 2 is 1.59 bits per heavy atom. The molecule has 13 nitrogen and oxygen atoms in total. The van der Waals surface area contributed by atoms with Gasteiger partial charge in [0.05, 0.1) is 13.2 Å². The van der Waals surface area contributed by atoms with Crippen molar-refractivity contribution >= 4 is 29.7 Å². The third kappa shape index (κ3) is 10.3. The van der Waals surface area contributed by atoms with Crippen molar-refractivity contribution in [1.82, 2.24) is 16.0 Å². The number of hydrogen-bond acceptors (Lipinski definition) is 7. The number of rotatable bonds is 13. The molecule has 0 aromatic carbocycles. The lowest BCUT2D eigenvalue weighted by Gasteiger charge is -2.24. The van der Waals surface area contributed by atoms with E-state index in [0.717, 1.165) is 0 Å².